The van der Waals surface area contributed by atoms with E-state index in [0.717, 1.165) is 38.3 Å². The predicted molar refractivity (Wildman–Crippen MR) is 62.9 cm³/mol. The summed E-state index contributed by atoms with van der Waals surface area (Å²) in [6.07, 6.45) is 3.48. The zero-order valence-electron chi connectivity index (χ0n) is 10.3. The average Bonchev–Trinajstić information content (AvgIpc) is 2.27. The molecule has 1 fully saturated rings. The summed E-state index contributed by atoms with van der Waals surface area (Å²) < 4.78 is 0. The zero-order chi connectivity index (χ0) is 12.0. The van der Waals surface area contributed by atoms with Gasteiger partial charge in [0.2, 0.25) is 11.8 Å². The van der Waals surface area contributed by atoms with E-state index in [1.165, 1.54) is 0 Å². The number of likely N-dealkylation sites (tertiary alicyclic amines) is 1. The van der Waals surface area contributed by atoms with Crippen molar-refractivity contribution in [2.45, 2.75) is 39.5 Å². The number of carbonyl (C=O) groups excluding carboxylic acids is 2. The summed E-state index contributed by atoms with van der Waals surface area (Å²) in [7, 11) is 0. The molecule has 1 saturated heterocycles. The van der Waals surface area contributed by atoms with Crippen LogP contribution in [0.25, 0.3) is 0 Å². The summed E-state index contributed by atoms with van der Waals surface area (Å²) in [5, 5.41) is 2.66. The van der Waals surface area contributed by atoms with Gasteiger partial charge in [0.1, 0.15) is 0 Å². The molecule has 0 aromatic carbocycles. The van der Waals surface area contributed by atoms with E-state index >= 15 is 0 Å². The summed E-state index contributed by atoms with van der Waals surface area (Å²) in [6.45, 7) is 6.00. The van der Waals surface area contributed by atoms with Gasteiger partial charge in [0, 0.05) is 19.5 Å². The largest absolute Gasteiger partial charge is 0.347 e. The normalized spacial score (nSPS) is 17.2. The minimum absolute atomic E-state index is 0.0266. The Labute approximate surface area is 97.4 Å². The first-order chi connectivity index (χ1) is 7.63. The van der Waals surface area contributed by atoms with E-state index in [0.29, 0.717) is 6.42 Å². The standard InChI is InChI=1S/C12H22N2O2/c1-3-4-11(15)13-9-12(16)14-7-5-10(2)6-8-14/h10H,3-9H2,1-2H3,(H,13,15). The van der Waals surface area contributed by atoms with Crippen LogP contribution in [0.15, 0.2) is 0 Å². The molecule has 1 aliphatic heterocycles. The number of nitrogens with one attached hydrogen (secondary N) is 1. The Morgan fingerprint density at radius 3 is 2.50 bits per heavy atom. The van der Waals surface area contributed by atoms with Crippen LogP contribution in [-0.4, -0.2) is 36.3 Å². The Balaban J connectivity index is 2.22. The van der Waals surface area contributed by atoms with Gasteiger partial charge in [-0.3, -0.25) is 9.59 Å². The highest BCUT2D eigenvalue weighted by Gasteiger charge is 2.20. The molecule has 92 valence electrons. The number of rotatable bonds is 4. The molecule has 0 aromatic heterocycles. The van der Waals surface area contributed by atoms with Crippen LogP contribution in [0.3, 0.4) is 0 Å². The molecule has 4 heteroatoms. The fourth-order valence-electron chi connectivity index (χ4n) is 1.86. The summed E-state index contributed by atoms with van der Waals surface area (Å²) in [4.78, 5) is 24.8. The van der Waals surface area contributed by atoms with Crippen LogP contribution in [-0.2, 0) is 9.59 Å². The number of amides is 2. The van der Waals surface area contributed by atoms with Gasteiger partial charge < -0.3 is 10.2 Å². The summed E-state index contributed by atoms with van der Waals surface area (Å²) in [6, 6.07) is 0. The molecule has 4 nitrogen and oxygen atoms in total. The van der Waals surface area contributed by atoms with Gasteiger partial charge in [0.25, 0.3) is 0 Å². The predicted octanol–water partition coefficient (Wildman–Crippen LogP) is 1.16. The number of carbonyl (C=O) groups is 2. The highest BCUT2D eigenvalue weighted by atomic mass is 16.2. The molecular formula is C12H22N2O2. The Kier molecular flexibility index (Phi) is 5.29. The maximum absolute atomic E-state index is 11.7. The van der Waals surface area contributed by atoms with Crippen molar-refractivity contribution in [3.63, 3.8) is 0 Å². The summed E-state index contributed by atoms with van der Waals surface area (Å²) in [5.41, 5.74) is 0. The smallest absolute Gasteiger partial charge is 0.241 e. The van der Waals surface area contributed by atoms with E-state index in [1.54, 1.807) is 0 Å². The lowest BCUT2D eigenvalue weighted by atomic mass is 9.99. The maximum Gasteiger partial charge on any atom is 0.241 e. The Morgan fingerprint density at radius 2 is 1.94 bits per heavy atom. The lowest BCUT2D eigenvalue weighted by molar-refractivity contribution is -0.134. The Bertz CT molecular complexity index is 245. The molecule has 1 heterocycles. The van der Waals surface area contributed by atoms with E-state index in [-0.39, 0.29) is 18.4 Å². The molecule has 0 bridgehead atoms. The molecule has 0 spiro atoms. The van der Waals surface area contributed by atoms with E-state index in [4.69, 9.17) is 0 Å². The van der Waals surface area contributed by atoms with Crippen LogP contribution in [0.4, 0.5) is 0 Å². The fourth-order valence-corrected chi connectivity index (χ4v) is 1.86. The van der Waals surface area contributed by atoms with Crippen molar-refractivity contribution in [1.29, 1.82) is 0 Å². The first kappa shape index (κ1) is 13.0. The fraction of sp³-hybridized carbons (Fsp3) is 0.833. The van der Waals surface area contributed by atoms with E-state index in [1.807, 2.05) is 11.8 Å². The van der Waals surface area contributed by atoms with Gasteiger partial charge in [-0.2, -0.15) is 0 Å². The molecule has 0 saturated carbocycles. The number of hydrogen-bond donors (Lipinski definition) is 1. The molecule has 0 aromatic rings. The minimum atomic E-state index is -0.0266. The molecule has 0 aliphatic carbocycles. The quantitative estimate of drug-likeness (QED) is 0.782. The van der Waals surface area contributed by atoms with Gasteiger partial charge in [-0.25, -0.2) is 0 Å². The molecule has 1 rings (SSSR count). The number of piperidine rings is 1. The van der Waals surface area contributed by atoms with Crippen molar-refractivity contribution in [2.24, 2.45) is 5.92 Å². The van der Waals surface area contributed by atoms with Gasteiger partial charge >= 0.3 is 0 Å². The van der Waals surface area contributed by atoms with Crippen LogP contribution >= 0.6 is 0 Å². The van der Waals surface area contributed by atoms with Crippen molar-refractivity contribution in [2.75, 3.05) is 19.6 Å². The van der Waals surface area contributed by atoms with Gasteiger partial charge in [0.05, 0.1) is 6.54 Å². The second-order valence-corrected chi connectivity index (χ2v) is 4.59. The highest BCUT2D eigenvalue weighted by molar-refractivity contribution is 5.84. The second kappa shape index (κ2) is 6.51. The number of nitrogens with zero attached hydrogens (tertiary/aromatic N) is 1. The third kappa shape index (κ3) is 4.21. The van der Waals surface area contributed by atoms with Crippen molar-refractivity contribution in [3.05, 3.63) is 0 Å². The molecule has 0 radical (unpaired) electrons. The van der Waals surface area contributed by atoms with Crippen LogP contribution < -0.4 is 5.32 Å². The van der Waals surface area contributed by atoms with Crippen LogP contribution in [0, 0.1) is 5.92 Å². The Hall–Kier alpha value is -1.06. The molecular weight excluding hydrogens is 204 g/mol. The van der Waals surface area contributed by atoms with Crippen molar-refractivity contribution >= 4 is 11.8 Å². The first-order valence-electron chi connectivity index (χ1n) is 6.18. The monoisotopic (exact) mass is 226 g/mol. The highest BCUT2D eigenvalue weighted by Crippen LogP contribution is 2.15. The topological polar surface area (TPSA) is 49.4 Å². The van der Waals surface area contributed by atoms with Crippen molar-refractivity contribution in [3.8, 4) is 0 Å². The van der Waals surface area contributed by atoms with Crippen LogP contribution in [0.1, 0.15) is 39.5 Å². The third-order valence-electron chi connectivity index (χ3n) is 3.05. The molecule has 2 amide bonds. The second-order valence-electron chi connectivity index (χ2n) is 4.59. The molecule has 0 unspecified atom stereocenters. The van der Waals surface area contributed by atoms with Crippen molar-refractivity contribution < 1.29 is 9.59 Å². The average molecular weight is 226 g/mol. The van der Waals surface area contributed by atoms with Gasteiger partial charge in [-0.1, -0.05) is 13.8 Å². The van der Waals surface area contributed by atoms with Gasteiger partial charge in [0.15, 0.2) is 0 Å². The maximum atomic E-state index is 11.7. The lowest BCUT2D eigenvalue weighted by Crippen LogP contribution is -2.43. The van der Waals surface area contributed by atoms with Crippen molar-refractivity contribution in [1.82, 2.24) is 10.2 Å². The Morgan fingerprint density at radius 1 is 1.31 bits per heavy atom. The summed E-state index contributed by atoms with van der Waals surface area (Å²) in [5.74, 6) is 0.747. The van der Waals surface area contributed by atoms with Crippen LogP contribution in [0.5, 0.6) is 0 Å². The van der Waals surface area contributed by atoms with Crippen LogP contribution in [0.2, 0.25) is 0 Å². The van der Waals surface area contributed by atoms with Gasteiger partial charge in [-0.15, -0.1) is 0 Å². The summed E-state index contributed by atoms with van der Waals surface area (Å²) >= 11 is 0. The minimum Gasteiger partial charge on any atom is -0.347 e. The third-order valence-corrected chi connectivity index (χ3v) is 3.05. The molecule has 1 N–H and O–H groups in total. The lowest BCUT2D eigenvalue weighted by Gasteiger charge is -2.30. The SMILES string of the molecule is CCCC(=O)NCC(=O)N1CCC(C)CC1. The first-order valence-corrected chi connectivity index (χ1v) is 6.18. The van der Waals surface area contributed by atoms with E-state index in [9.17, 15) is 9.59 Å². The number of hydrogen-bond acceptors (Lipinski definition) is 2. The zero-order valence-corrected chi connectivity index (χ0v) is 10.3. The van der Waals surface area contributed by atoms with E-state index in [2.05, 4.69) is 12.2 Å². The molecule has 0 atom stereocenters. The van der Waals surface area contributed by atoms with Gasteiger partial charge in [-0.05, 0) is 25.2 Å². The molecule has 1 aliphatic rings. The van der Waals surface area contributed by atoms with E-state index < -0.39 is 0 Å². The molecule has 16 heavy (non-hydrogen) atoms.